The maximum atomic E-state index is 12.6. The first-order valence-electron chi connectivity index (χ1n) is 6.56. The number of nitrogens with zero attached hydrogens (tertiary/aromatic N) is 2. The Morgan fingerprint density at radius 3 is 2.27 bits per heavy atom. The molecule has 3 aromatic rings. The Kier molecular flexibility index (Phi) is 3.24. The van der Waals surface area contributed by atoms with Crippen LogP contribution in [0.3, 0.4) is 0 Å². The standard InChI is InChI=1S/C16H12F3N3/c1-9-8-10(2-3-11(9)20)12-4-5-14-13(21-12)6-7-15(22-14)16(17,18)19/h2-8H,20H2,1H3. The second kappa shape index (κ2) is 4.98. The van der Waals surface area contributed by atoms with Crippen LogP contribution in [0.1, 0.15) is 11.3 Å². The molecule has 0 saturated carbocycles. The van der Waals surface area contributed by atoms with Gasteiger partial charge in [0, 0.05) is 11.3 Å². The van der Waals surface area contributed by atoms with E-state index < -0.39 is 11.9 Å². The molecule has 0 fully saturated rings. The van der Waals surface area contributed by atoms with Crippen LogP contribution in [-0.2, 0) is 6.18 Å². The van der Waals surface area contributed by atoms with Gasteiger partial charge in [-0.15, -0.1) is 0 Å². The lowest BCUT2D eigenvalue weighted by Crippen LogP contribution is -2.07. The monoisotopic (exact) mass is 303 g/mol. The summed E-state index contributed by atoms with van der Waals surface area (Å²) in [5, 5.41) is 0. The van der Waals surface area contributed by atoms with Crippen LogP contribution >= 0.6 is 0 Å². The number of benzene rings is 1. The predicted molar refractivity (Wildman–Crippen MR) is 79.1 cm³/mol. The second-order valence-corrected chi connectivity index (χ2v) is 5.00. The van der Waals surface area contributed by atoms with Crippen molar-refractivity contribution >= 4 is 16.7 Å². The molecule has 1 aromatic carbocycles. The van der Waals surface area contributed by atoms with E-state index in [0.717, 1.165) is 17.2 Å². The van der Waals surface area contributed by atoms with Crippen molar-refractivity contribution in [3.05, 3.63) is 53.7 Å². The zero-order valence-corrected chi connectivity index (χ0v) is 11.6. The lowest BCUT2D eigenvalue weighted by atomic mass is 10.1. The lowest BCUT2D eigenvalue weighted by molar-refractivity contribution is -0.140. The van der Waals surface area contributed by atoms with Gasteiger partial charge in [-0.1, -0.05) is 6.07 Å². The number of rotatable bonds is 1. The average Bonchev–Trinajstić information content (AvgIpc) is 2.48. The molecule has 2 aromatic heterocycles. The molecule has 0 radical (unpaired) electrons. The van der Waals surface area contributed by atoms with Crippen LogP contribution in [0.5, 0.6) is 0 Å². The third-order valence-corrected chi connectivity index (χ3v) is 3.40. The van der Waals surface area contributed by atoms with Crippen molar-refractivity contribution in [3.8, 4) is 11.3 Å². The number of nitrogen functional groups attached to an aromatic ring is 1. The van der Waals surface area contributed by atoms with E-state index in [1.54, 1.807) is 18.2 Å². The van der Waals surface area contributed by atoms with Crippen molar-refractivity contribution in [3.63, 3.8) is 0 Å². The van der Waals surface area contributed by atoms with Crippen molar-refractivity contribution in [2.24, 2.45) is 0 Å². The SMILES string of the molecule is Cc1cc(-c2ccc3nc(C(F)(F)F)ccc3n2)ccc1N. The van der Waals surface area contributed by atoms with Gasteiger partial charge in [0.2, 0.25) is 0 Å². The van der Waals surface area contributed by atoms with Crippen LogP contribution in [0, 0.1) is 6.92 Å². The Morgan fingerprint density at radius 1 is 0.909 bits per heavy atom. The molecule has 6 heteroatoms. The summed E-state index contributed by atoms with van der Waals surface area (Å²) in [6.07, 6.45) is -4.46. The summed E-state index contributed by atoms with van der Waals surface area (Å²) in [6, 6.07) is 11.0. The van der Waals surface area contributed by atoms with E-state index in [1.165, 1.54) is 6.07 Å². The van der Waals surface area contributed by atoms with Crippen LogP contribution in [-0.4, -0.2) is 9.97 Å². The molecule has 0 aliphatic carbocycles. The molecule has 0 bridgehead atoms. The van der Waals surface area contributed by atoms with E-state index in [4.69, 9.17) is 5.73 Å². The lowest BCUT2D eigenvalue weighted by Gasteiger charge is -2.08. The summed E-state index contributed by atoms with van der Waals surface area (Å²) in [6.45, 7) is 1.89. The molecule has 112 valence electrons. The number of nitrogens with two attached hydrogens (primary N) is 1. The maximum Gasteiger partial charge on any atom is 0.433 e. The third kappa shape index (κ3) is 2.59. The van der Waals surface area contributed by atoms with Gasteiger partial charge in [0.1, 0.15) is 5.69 Å². The quantitative estimate of drug-likeness (QED) is 0.685. The van der Waals surface area contributed by atoms with Crippen LogP contribution in [0.4, 0.5) is 18.9 Å². The van der Waals surface area contributed by atoms with Crippen LogP contribution in [0.2, 0.25) is 0 Å². The van der Waals surface area contributed by atoms with E-state index in [9.17, 15) is 13.2 Å². The number of hydrogen-bond donors (Lipinski definition) is 1. The highest BCUT2D eigenvalue weighted by molar-refractivity contribution is 5.78. The van der Waals surface area contributed by atoms with Gasteiger partial charge >= 0.3 is 6.18 Å². The molecule has 3 nitrogen and oxygen atoms in total. The zero-order valence-electron chi connectivity index (χ0n) is 11.6. The van der Waals surface area contributed by atoms with E-state index in [1.807, 2.05) is 19.1 Å². The molecule has 22 heavy (non-hydrogen) atoms. The molecule has 0 aliphatic rings. The van der Waals surface area contributed by atoms with Crippen molar-refractivity contribution < 1.29 is 13.2 Å². The van der Waals surface area contributed by atoms with Crippen LogP contribution < -0.4 is 5.73 Å². The number of aromatic nitrogens is 2. The van der Waals surface area contributed by atoms with Crippen LogP contribution in [0.25, 0.3) is 22.3 Å². The fraction of sp³-hybridized carbons (Fsp3) is 0.125. The van der Waals surface area contributed by atoms with Crippen molar-refractivity contribution in [1.82, 2.24) is 9.97 Å². The summed E-state index contributed by atoms with van der Waals surface area (Å²) in [4.78, 5) is 7.97. The first-order chi connectivity index (χ1) is 10.3. The first kappa shape index (κ1) is 14.3. The number of aryl methyl sites for hydroxylation is 1. The highest BCUT2D eigenvalue weighted by Crippen LogP contribution is 2.29. The molecule has 0 spiro atoms. The van der Waals surface area contributed by atoms with E-state index in [0.29, 0.717) is 16.9 Å². The van der Waals surface area contributed by atoms with Gasteiger partial charge in [-0.2, -0.15) is 13.2 Å². The number of anilines is 1. The van der Waals surface area contributed by atoms with Crippen molar-refractivity contribution in [2.45, 2.75) is 13.1 Å². The molecule has 0 unspecified atom stereocenters. The van der Waals surface area contributed by atoms with E-state index in [2.05, 4.69) is 9.97 Å². The molecular formula is C16H12F3N3. The number of alkyl halides is 3. The Bertz CT molecular complexity index is 857. The number of pyridine rings is 2. The Labute approximate surface area is 124 Å². The van der Waals surface area contributed by atoms with Gasteiger partial charge in [-0.25, -0.2) is 9.97 Å². The minimum Gasteiger partial charge on any atom is -0.399 e. The number of halogens is 3. The molecular weight excluding hydrogens is 291 g/mol. The van der Waals surface area contributed by atoms with Crippen molar-refractivity contribution in [1.29, 1.82) is 0 Å². The van der Waals surface area contributed by atoms with Gasteiger partial charge in [0.15, 0.2) is 0 Å². The minimum atomic E-state index is -4.46. The van der Waals surface area contributed by atoms with Crippen molar-refractivity contribution in [2.75, 3.05) is 5.73 Å². The van der Waals surface area contributed by atoms with Gasteiger partial charge in [-0.05, 0) is 48.9 Å². The Balaban J connectivity index is 2.08. The normalized spacial score (nSPS) is 11.8. The summed E-state index contributed by atoms with van der Waals surface area (Å²) >= 11 is 0. The topological polar surface area (TPSA) is 51.8 Å². The fourth-order valence-electron chi connectivity index (χ4n) is 2.16. The number of hydrogen-bond acceptors (Lipinski definition) is 3. The van der Waals surface area contributed by atoms with E-state index >= 15 is 0 Å². The maximum absolute atomic E-state index is 12.6. The molecule has 0 aliphatic heterocycles. The smallest absolute Gasteiger partial charge is 0.399 e. The van der Waals surface area contributed by atoms with Gasteiger partial charge in [-0.3, -0.25) is 0 Å². The van der Waals surface area contributed by atoms with E-state index in [-0.39, 0.29) is 5.52 Å². The third-order valence-electron chi connectivity index (χ3n) is 3.40. The molecule has 0 atom stereocenters. The summed E-state index contributed by atoms with van der Waals surface area (Å²) in [7, 11) is 0. The summed E-state index contributed by atoms with van der Waals surface area (Å²) < 4.78 is 37.9. The van der Waals surface area contributed by atoms with Gasteiger partial charge < -0.3 is 5.73 Å². The summed E-state index contributed by atoms with van der Waals surface area (Å²) in [5.41, 5.74) is 8.61. The fourth-order valence-corrected chi connectivity index (χ4v) is 2.16. The van der Waals surface area contributed by atoms with Gasteiger partial charge in [0.25, 0.3) is 0 Å². The number of fused-ring (bicyclic) bond motifs is 1. The Hall–Kier alpha value is -2.63. The highest BCUT2D eigenvalue weighted by Gasteiger charge is 2.32. The zero-order chi connectivity index (χ0) is 15.9. The largest absolute Gasteiger partial charge is 0.433 e. The molecule has 2 N–H and O–H groups in total. The minimum absolute atomic E-state index is 0.214. The summed E-state index contributed by atoms with van der Waals surface area (Å²) in [5.74, 6) is 0. The predicted octanol–water partition coefficient (Wildman–Crippen LogP) is 4.21. The van der Waals surface area contributed by atoms with Crippen LogP contribution in [0.15, 0.2) is 42.5 Å². The average molecular weight is 303 g/mol. The van der Waals surface area contributed by atoms with Gasteiger partial charge in [0.05, 0.1) is 16.7 Å². The first-order valence-corrected chi connectivity index (χ1v) is 6.56. The molecule has 0 amide bonds. The molecule has 3 rings (SSSR count). The molecule has 0 saturated heterocycles. The highest BCUT2D eigenvalue weighted by atomic mass is 19.4. The Morgan fingerprint density at radius 2 is 1.59 bits per heavy atom. The second-order valence-electron chi connectivity index (χ2n) is 5.00. The molecule has 2 heterocycles.